The van der Waals surface area contributed by atoms with Gasteiger partial charge in [0.2, 0.25) is 0 Å². The summed E-state index contributed by atoms with van der Waals surface area (Å²) in [6.45, 7) is 8.43. The monoisotopic (exact) mass is 154 g/mol. The average molecular weight is 154 g/mol. The molecule has 2 nitrogen and oxygen atoms in total. The van der Waals surface area contributed by atoms with Gasteiger partial charge in [-0.2, -0.15) is 0 Å². The van der Waals surface area contributed by atoms with E-state index >= 15 is 0 Å². The zero-order valence-electron chi connectivity index (χ0n) is 7.34. The second kappa shape index (κ2) is 3.88. The van der Waals surface area contributed by atoms with E-state index in [2.05, 4.69) is 30.4 Å². The van der Waals surface area contributed by atoms with Crippen molar-refractivity contribution in [2.45, 2.75) is 24.9 Å². The minimum absolute atomic E-state index is 0.851. The molecule has 0 radical (unpaired) electrons. The number of nitrogens with one attached hydrogen (secondary N) is 1. The van der Waals surface area contributed by atoms with Gasteiger partial charge in [-0.1, -0.05) is 0 Å². The van der Waals surface area contributed by atoms with Gasteiger partial charge < -0.3 is 5.32 Å². The Balaban J connectivity index is 0.000000281. The molecule has 2 fully saturated rings. The van der Waals surface area contributed by atoms with Crippen LogP contribution in [-0.2, 0) is 0 Å². The van der Waals surface area contributed by atoms with Crippen LogP contribution in [0.5, 0.6) is 0 Å². The summed E-state index contributed by atoms with van der Waals surface area (Å²) in [4.78, 5) is 2.52. The Bertz CT molecular complexity index is 109. The standard InChI is InChI=1S/C7H14N2.C2H4/c1-9-6-2-3-7(9)5-8-4-6;1-2/h6-8H,2-5H2,1H3;1-2H2. The molecule has 2 heteroatoms. The minimum atomic E-state index is 0.851. The Morgan fingerprint density at radius 2 is 1.64 bits per heavy atom. The number of likely N-dealkylation sites (N-methyl/N-ethyl adjacent to an activating group) is 1. The van der Waals surface area contributed by atoms with Crippen molar-refractivity contribution in [2.24, 2.45) is 0 Å². The van der Waals surface area contributed by atoms with Gasteiger partial charge in [-0.25, -0.2) is 0 Å². The van der Waals surface area contributed by atoms with E-state index in [4.69, 9.17) is 0 Å². The van der Waals surface area contributed by atoms with E-state index in [1.807, 2.05) is 0 Å². The van der Waals surface area contributed by atoms with Gasteiger partial charge >= 0.3 is 0 Å². The number of hydrogen-bond acceptors (Lipinski definition) is 2. The van der Waals surface area contributed by atoms with E-state index < -0.39 is 0 Å². The van der Waals surface area contributed by atoms with Crippen LogP contribution in [0.25, 0.3) is 0 Å². The predicted octanol–water partition coefficient (Wildman–Crippen LogP) is 0.855. The van der Waals surface area contributed by atoms with Crippen LogP contribution in [0.3, 0.4) is 0 Å². The molecular weight excluding hydrogens is 136 g/mol. The van der Waals surface area contributed by atoms with E-state index in [1.165, 1.54) is 25.9 Å². The maximum Gasteiger partial charge on any atom is 0.0221 e. The van der Waals surface area contributed by atoms with Crippen LogP contribution < -0.4 is 5.32 Å². The number of nitrogens with zero attached hydrogens (tertiary/aromatic N) is 1. The predicted molar refractivity (Wildman–Crippen MR) is 48.7 cm³/mol. The minimum Gasteiger partial charge on any atom is -0.314 e. The zero-order valence-corrected chi connectivity index (χ0v) is 7.34. The molecule has 2 atom stereocenters. The van der Waals surface area contributed by atoms with Crippen LogP contribution in [-0.4, -0.2) is 37.1 Å². The van der Waals surface area contributed by atoms with Gasteiger partial charge in [-0.05, 0) is 19.9 Å². The lowest BCUT2D eigenvalue weighted by Gasteiger charge is -2.31. The Labute approximate surface area is 69.3 Å². The first-order valence-electron chi connectivity index (χ1n) is 4.30. The molecule has 0 aromatic carbocycles. The largest absolute Gasteiger partial charge is 0.314 e. The van der Waals surface area contributed by atoms with E-state index in [0.29, 0.717) is 0 Å². The lowest BCUT2D eigenvalue weighted by molar-refractivity contribution is 0.193. The van der Waals surface area contributed by atoms with E-state index in [-0.39, 0.29) is 0 Å². The topological polar surface area (TPSA) is 15.3 Å². The molecule has 0 aliphatic carbocycles. The SMILES string of the molecule is C=C.CN1C2CCC1CNC2. The summed E-state index contributed by atoms with van der Waals surface area (Å²) in [6, 6.07) is 1.70. The molecule has 2 bridgehead atoms. The van der Waals surface area contributed by atoms with Gasteiger partial charge in [-0.3, -0.25) is 4.90 Å². The lowest BCUT2D eigenvalue weighted by atomic mass is 10.2. The molecule has 2 saturated heterocycles. The van der Waals surface area contributed by atoms with Crippen molar-refractivity contribution in [1.82, 2.24) is 10.2 Å². The Kier molecular flexibility index (Phi) is 3.09. The zero-order chi connectivity index (χ0) is 8.27. The maximum absolute atomic E-state index is 3.44. The van der Waals surface area contributed by atoms with Crippen LogP contribution >= 0.6 is 0 Å². The van der Waals surface area contributed by atoms with Crippen LogP contribution in [0.1, 0.15) is 12.8 Å². The highest BCUT2D eigenvalue weighted by Crippen LogP contribution is 2.23. The molecule has 2 aliphatic heterocycles. The Morgan fingerprint density at radius 3 is 2.00 bits per heavy atom. The van der Waals surface area contributed by atoms with E-state index in [9.17, 15) is 0 Å². The van der Waals surface area contributed by atoms with Crippen molar-refractivity contribution in [2.75, 3.05) is 20.1 Å². The molecule has 2 aliphatic rings. The van der Waals surface area contributed by atoms with Crippen LogP contribution in [0.15, 0.2) is 13.2 Å². The summed E-state index contributed by atoms with van der Waals surface area (Å²) in [6.07, 6.45) is 2.82. The van der Waals surface area contributed by atoms with Crippen molar-refractivity contribution in [3.63, 3.8) is 0 Å². The molecule has 1 N–H and O–H groups in total. The summed E-state index contributed by atoms with van der Waals surface area (Å²) < 4.78 is 0. The smallest absolute Gasteiger partial charge is 0.0221 e. The second-order valence-electron chi connectivity index (χ2n) is 3.21. The molecule has 0 aromatic heterocycles. The highest BCUT2D eigenvalue weighted by Gasteiger charge is 2.32. The average Bonchev–Trinajstić information content (AvgIpc) is 2.30. The molecule has 0 aromatic rings. The number of hydrogen-bond donors (Lipinski definition) is 1. The van der Waals surface area contributed by atoms with Gasteiger partial charge in [0.1, 0.15) is 0 Å². The van der Waals surface area contributed by atoms with Crippen molar-refractivity contribution in [3.05, 3.63) is 13.2 Å². The first-order valence-corrected chi connectivity index (χ1v) is 4.30. The molecule has 11 heavy (non-hydrogen) atoms. The third-order valence-corrected chi connectivity index (χ3v) is 2.74. The fourth-order valence-corrected chi connectivity index (χ4v) is 2.00. The van der Waals surface area contributed by atoms with Crippen molar-refractivity contribution in [1.29, 1.82) is 0 Å². The molecule has 0 saturated carbocycles. The molecule has 2 rings (SSSR count). The quantitative estimate of drug-likeness (QED) is 0.520. The summed E-state index contributed by atoms with van der Waals surface area (Å²) in [5, 5.41) is 3.44. The third-order valence-electron chi connectivity index (χ3n) is 2.74. The molecule has 0 amide bonds. The van der Waals surface area contributed by atoms with Gasteiger partial charge in [0.15, 0.2) is 0 Å². The number of piperazine rings is 1. The van der Waals surface area contributed by atoms with Crippen molar-refractivity contribution >= 4 is 0 Å². The van der Waals surface area contributed by atoms with E-state index in [1.54, 1.807) is 0 Å². The fourth-order valence-electron chi connectivity index (χ4n) is 2.00. The molecule has 0 spiro atoms. The highest BCUT2D eigenvalue weighted by atomic mass is 15.2. The summed E-state index contributed by atoms with van der Waals surface area (Å²) in [7, 11) is 2.25. The summed E-state index contributed by atoms with van der Waals surface area (Å²) in [5.41, 5.74) is 0. The number of rotatable bonds is 0. The maximum atomic E-state index is 3.44. The summed E-state index contributed by atoms with van der Waals surface area (Å²) >= 11 is 0. The number of fused-ring (bicyclic) bond motifs is 2. The first-order chi connectivity index (χ1) is 5.38. The summed E-state index contributed by atoms with van der Waals surface area (Å²) in [5.74, 6) is 0. The van der Waals surface area contributed by atoms with Gasteiger partial charge in [0, 0.05) is 25.2 Å². The van der Waals surface area contributed by atoms with E-state index in [0.717, 1.165) is 12.1 Å². The Morgan fingerprint density at radius 1 is 1.18 bits per heavy atom. The molecular formula is C9H18N2. The fraction of sp³-hybridized carbons (Fsp3) is 0.778. The van der Waals surface area contributed by atoms with Crippen LogP contribution in [0.4, 0.5) is 0 Å². The molecule has 64 valence electrons. The van der Waals surface area contributed by atoms with Crippen molar-refractivity contribution in [3.8, 4) is 0 Å². The normalized spacial score (nSPS) is 36.1. The van der Waals surface area contributed by atoms with Gasteiger partial charge in [-0.15, -0.1) is 13.2 Å². The second-order valence-corrected chi connectivity index (χ2v) is 3.21. The molecule has 2 unspecified atom stereocenters. The third kappa shape index (κ3) is 1.63. The van der Waals surface area contributed by atoms with Crippen LogP contribution in [0, 0.1) is 0 Å². The van der Waals surface area contributed by atoms with Gasteiger partial charge in [0.25, 0.3) is 0 Å². The lowest BCUT2D eigenvalue weighted by Crippen LogP contribution is -2.49. The highest BCUT2D eigenvalue weighted by molar-refractivity contribution is 4.92. The van der Waals surface area contributed by atoms with Gasteiger partial charge in [0.05, 0.1) is 0 Å². The molecule has 2 heterocycles. The first kappa shape index (κ1) is 8.75. The van der Waals surface area contributed by atoms with Crippen molar-refractivity contribution < 1.29 is 0 Å². The van der Waals surface area contributed by atoms with Crippen LogP contribution in [0.2, 0.25) is 0 Å². The Hall–Kier alpha value is -0.340.